The Labute approximate surface area is 112 Å². The number of nitrogens with two attached hydrogens (primary N) is 1. The highest BCUT2D eigenvalue weighted by molar-refractivity contribution is 6.30. The van der Waals surface area contributed by atoms with E-state index >= 15 is 0 Å². The Kier molecular flexibility index (Phi) is 4.42. The molecule has 0 aliphatic heterocycles. The molecule has 0 radical (unpaired) electrons. The first-order valence-electron chi connectivity index (χ1n) is 5.37. The maximum Gasteiger partial charge on any atom is 0.237 e. The zero-order valence-electron chi connectivity index (χ0n) is 9.57. The number of benzene rings is 1. The number of rotatable bonds is 3. The van der Waals surface area contributed by atoms with Crippen LogP contribution in [0.25, 0.3) is 0 Å². The van der Waals surface area contributed by atoms with Gasteiger partial charge in [-0.15, -0.1) is 12.4 Å². The number of amides is 1. The molecule has 3 nitrogen and oxygen atoms in total. The van der Waals surface area contributed by atoms with Crippen molar-refractivity contribution in [3.05, 3.63) is 34.9 Å². The van der Waals surface area contributed by atoms with E-state index in [1.807, 2.05) is 24.3 Å². The third kappa shape index (κ3) is 3.12. The van der Waals surface area contributed by atoms with Crippen molar-refractivity contribution in [1.29, 1.82) is 0 Å². The third-order valence-electron chi connectivity index (χ3n) is 2.90. The number of hydrogen-bond acceptors (Lipinski definition) is 2. The van der Waals surface area contributed by atoms with Crippen molar-refractivity contribution in [2.24, 2.45) is 5.73 Å². The van der Waals surface area contributed by atoms with Crippen LogP contribution in [-0.2, 0) is 10.3 Å². The predicted molar refractivity (Wildman–Crippen MR) is 71.4 cm³/mol. The van der Waals surface area contributed by atoms with Gasteiger partial charge in [-0.25, -0.2) is 0 Å². The van der Waals surface area contributed by atoms with Gasteiger partial charge in [0.2, 0.25) is 5.91 Å². The molecule has 0 aromatic heterocycles. The Bertz CT molecular complexity index is 417. The molecule has 94 valence electrons. The monoisotopic (exact) mass is 274 g/mol. The van der Waals surface area contributed by atoms with E-state index < -0.39 is 6.04 Å². The van der Waals surface area contributed by atoms with E-state index in [-0.39, 0.29) is 23.9 Å². The van der Waals surface area contributed by atoms with Crippen LogP contribution in [0.2, 0.25) is 5.02 Å². The molecular weight excluding hydrogens is 259 g/mol. The molecular formula is C12H16Cl2N2O. The standard InChI is InChI=1S/C12H15ClN2O.ClH/c1-8(14)11(16)15-12(5-6-12)9-3-2-4-10(13)7-9;/h2-4,7-8H,5-6,14H2,1H3,(H,15,16);1H/t8-;/m0./s1. The summed E-state index contributed by atoms with van der Waals surface area (Å²) in [5.41, 5.74) is 6.38. The summed E-state index contributed by atoms with van der Waals surface area (Å²) in [6.07, 6.45) is 1.90. The molecule has 1 aliphatic rings. The Morgan fingerprint density at radius 2 is 2.18 bits per heavy atom. The van der Waals surface area contributed by atoms with Crippen LogP contribution in [0.15, 0.2) is 24.3 Å². The minimum atomic E-state index is -0.475. The highest BCUT2D eigenvalue weighted by atomic mass is 35.5. The Balaban J connectivity index is 0.00000144. The minimum absolute atomic E-state index is 0. The molecule has 1 amide bonds. The molecule has 2 rings (SSSR count). The lowest BCUT2D eigenvalue weighted by Gasteiger charge is -2.19. The molecule has 0 heterocycles. The van der Waals surface area contributed by atoms with Crippen molar-refractivity contribution in [3.8, 4) is 0 Å². The van der Waals surface area contributed by atoms with Crippen molar-refractivity contribution in [1.82, 2.24) is 5.32 Å². The van der Waals surface area contributed by atoms with E-state index in [4.69, 9.17) is 17.3 Å². The van der Waals surface area contributed by atoms with Gasteiger partial charge < -0.3 is 11.1 Å². The van der Waals surface area contributed by atoms with Crippen LogP contribution in [0.4, 0.5) is 0 Å². The number of hydrogen-bond donors (Lipinski definition) is 2. The second kappa shape index (κ2) is 5.25. The second-order valence-corrected chi connectivity index (χ2v) is 4.81. The summed E-state index contributed by atoms with van der Waals surface area (Å²) in [6.45, 7) is 1.68. The average Bonchev–Trinajstić information content (AvgIpc) is 2.99. The van der Waals surface area contributed by atoms with Crippen LogP contribution < -0.4 is 11.1 Å². The zero-order chi connectivity index (χ0) is 11.8. The quantitative estimate of drug-likeness (QED) is 0.888. The van der Waals surface area contributed by atoms with Gasteiger partial charge in [-0.1, -0.05) is 23.7 Å². The third-order valence-corrected chi connectivity index (χ3v) is 3.14. The normalized spacial score (nSPS) is 17.8. The van der Waals surface area contributed by atoms with Crippen LogP contribution in [0, 0.1) is 0 Å². The Morgan fingerprint density at radius 1 is 1.53 bits per heavy atom. The molecule has 1 fully saturated rings. The molecule has 1 aliphatic carbocycles. The number of carbonyl (C=O) groups is 1. The first-order valence-corrected chi connectivity index (χ1v) is 5.75. The molecule has 0 bridgehead atoms. The lowest BCUT2D eigenvalue weighted by Crippen LogP contribution is -2.44. The summed E-state index contributed by atoms with van der Waals surface area (Å²) in [5, 5.41) is 3.68. The summed E-state index contributed by atoms with van der Waals surface area (Å²) >= 11 is 5.94. The maximum atomic E-state index is 11.6. The first-order chi connectivity index (χ1) is 7.53. The zero-order valence-corrected chi connectivity index (χ0v) is 11.1. The summed E-state index contributed by atoms with van der Waals surface area (Å²) in [6, 6.07) is 7.14. The van der Waals surface area contributed by atoms with Crippen LogP contribution in [0.3, 0.4) is 0 Å². The summed E-state index contributed by atoms with van der Waals surface area (Å²) in [7, 11) is 0. The van der Waals surface area contributed by atoms with Gasteiger partial charge in [0, 0.05) is 5.02 Å². The fraction of sp³-hybridized carbons (Fsp3) is 0.417. The van der Waals surface area contributed by atoms with E-state index in [9.17, 15) is 4.79 Å². The summed E-state index contributed by atoms with van der Waals surface area (Å²) in [5.74, 6) is -0.113. The molecule has 0 spiro atoms. The molecule has 17 heavy (non-hydrogen) atoms. The van der Waals surface area contributed by atoms with Crippen molar-refractivity contribution in [2.45, 2.75) is 31.3 Å². The molecule has 0 unspecified atom stereocenters. The SMILES string of the molecule is C[C@H](N)C(=O)NC1(c2cccc(Cl)c2)CC1.Cl. The molecule has 1 atom stereocenters. The Morgan fingerprint density at radius 3 is 2.65 bits per heavy atom. The number of nitrogens with one attached hydrogen (secondary N) is 1. The van der Waals surface area contributed by atoms with E-state index in [2.05, 4.69) is 5.32 Å². The topological polar surface area (TPSA) is 55.1 Å². The van der Waals surface area contributed by atoms with Gasteiger partial charge in [-0.3, -0.25) is 4.79 Å². The van der Waals surface area contributed by atoms with Crippen LogP contribution in [0.5, 0.6) is 0 Å². The van der Waals surface area contributed by atoms with E-state index in [1.54, 1.807) is 6.92 Å². The van der Waals surface area contributed by atoms with Crippen molar-refractivity contribution < 1.29 is 4.79 Å². The van der Waals surface area contributed by atoms with E-state index in [1.165, 1.54) is 0 Å². The predicted octanol–water partition coefficient (Wildman–Crippen LogP) is 2.21. The van der Waals surface area contributed by atoms with Crippen LogP contribution in [-0.4, -0.2) is 11.9 Å². The molecule has 1 aromatic rings. The fourth-order valence-corrected chi connectivity index (χ4v) is 1.94. The summed E-state index contributed by atoms with van der Waals surface area (Å²) < 4.78 is 0. The van der Waals surface area contributed by atoms with Gasteiger partial charge in [-0.2, -0.15) is 0 Å². The molecule has 0 saturated heterocycles. The van der Waals surface area contributed by atoms with E-state index in [0.717, 1.165) is 18.4 Å². The van der Waals surface area contributed by atoms with Crippen molar-refractivity contribution in [3.63, 3.8) is 0 Å². The highest BCUT2D eigenvalue weighted by Crippen LogP contribution is 2.45. The van der Waals surface area contributed by atoms with Crippen LogP contribution in [0.1, 0.15) is 25.3 Å². The first kappa shape index (κ1) is 14.3. The van der Waals surface area contributed by atoms with Crippen molar-refractivity contribution >= 4 is 29.9 Å². The lowest BCUT2D eigenvalue weighted by atomic mass is 10.0. The lowest BCUT2D eigenvalue weighted by molar-refractivity contribution is -0.123. The van der Waals surface area contributed by atoms with Gasteiger partial charge in [0.25, 0.3) is 0 Å². The average molecular weight is 275 g/mol. The maximum absolute atomic E-state index is 11.6. The molecule has 3 N–H and O–H groups in total. The van der Waals surface area contributed by atoms with Gasteiger partial charge in [-0.05, 0) is 37.5 Å². The largest absolute Gasteiger partial charge is 0.345 e. The summed E-state index contributed by atoms with van der Waals surface area (Å²) in [4.78, 5) is 11.6. The number of halogens is 2. The molecule has 1 aromatic carbocycles. The highest BCUT2D eigenvalue weighted by Gasteiger charge is 2.45. The second-order valence-electron chi connectivity index (χ2n) is 4.37. The fourth-order valence-electron chi connectivity index (χ4n) is 1.75. The minimum Gasteiger partial charge on any atom is -0.345 e. The van der Waals surface area contributed by atoms with Crippen molar-refractivity contribution in [2.75, 3.05) is 0 Å². The smallest absolute Gasteiger partial charge is 0.237 e. The Hall–Kier alpha value is -0.770. The van der Waals surface area contributed by atoms with Crippen LogP contribution >= 0.6 is 24.0 Å². The molecule has 1 saturated carbocycles. The number of carbonyl (C=O) groups excluding carboxylic acids is 1. The van der Waals surface area contributed by atoms with Gasteiger partial charge in [0.1, 0.15) is 0 Å². The van der Waals surface area contributed by atoms with Gasteiger partial charge in [0.05, 0.1) is 11.6 Å². The molecule has 5 heteroatoms. The van der Waals surface area contributed by atoms with Gasteiger partial charge >= 0.3 is 0 Å². The van der Waals surface area contributed by atoms with E-state index in [0.29, 0.717) is 5.02 Å². The van der Waals surface area contributed by atoms with Gasteiger partial charge in [0.15, 0.2) is 0 Å².